The Balaban J connectivity index is 2.68. The van der Waals surface area contributed by atoms with E-state index in [4.69, 9.17) is 0 Å². The molecule has 1 rings (SSSR count). The molecule has 0 N–H and O–H groups in total. The first-order valence-electron chi connectivity index (χ1n) is 5.66. The summed E-state index contributed by atoms with van der Waals surface area (Å²) in [7, 11) is 0.147. The first-order valence-corrected chi connectivity index (χ1v) is 7.21. The smallest absolute Gasteiger partial charge is 0.00179 e. The third-order valence-electron chi connectivity index (χ3n) is 3.00. The molecule has 1 atom stereocenters. The minimum atomic E-state index is 0.147. The Labute approximate surface area is 90.2 Å². The summed E-state index contributed by atoms with van der Waals surface area (Å²) in [5.41, 5.74) is 2.53. The number of rotatable bonds is 4. The Morgan fingerprint density at radius 2 is 1.29 bits per heavy atom. The van der Waals surface area contributed by atoms with Crippen molar-refractivity contribution in [3.05, 3.63) is 24.3 Å². The highest BCUT2D eigenvalue weighted by molar-refractivity contribution is 7.59. The Kier molecular flexibility index (Phi) is 4.38. The fourth-order valence-electron chi connectivity index (χ4n) is 2.51. The maximum absolute atomic E-state index is 2.43. The molecule has 0 aromatic carbocycles. The van der Waals surface area contributed by atoms with Crippen LogP contribution in [-0.2, 0) is 0 Å². The van der Waals surface area contributed by atoms with Crippen molar-refractivity contribution < 1.29 is 0 Å². The Morgan fingerprint density at radius 3 is 1.64 bits per heavy atom. The summed E-state index contributed by atoms with van der Waals surface area (Å²) in [6.07, 6.45) is 9.08. The largest absolute Gasteiger partial charge is 0.0976 e. The SMILES string of the molecule is CC(C)P(C(C)C)[C@H](C)C1C=CC=C1. The van der Waals surface area contributed by atoms with Crippen molar-refractivity contribution in [2.75, 3.05) is 0 Å². The molecule has 1 heteroatoms. The second-order valence-corrected chi connectivity index (χ2v) is 8.50. The van der Waals surface area contributed by atoms with Gasteiger partial charge in [-0.25, -0.2) is 0 Å². The summed E-state index contributed by atoms with van der Waals surface area (Å²) in [6.45, 7) is 11.9. The highest BCUT2D eigenvalue weighted by Gasteiger charge is 2.27. The second-order valence-electron chi connectivity index (χ2n) is 4.72. The van der Waals surface area contributed by atoms with E-state index in [9.17, 15) is 0 Å². The molecule has 0 amide bonds. The van der Waals surface area contributed by atoms with Gasteiger partial charge in [0.2, 0.25) is 0 Å². The fourth-order valence-corrected chi connectivity index (χ4v) is 6.18. The van der Waals surface area contributed by atoms with Crippen molar-refractivity contribution in [2.24, 2.45) is 5.92 Å². The van der Waals surface area contributed by atoms with Crippen molar-refractivity contribution in [1.82, 2.24) is 0 Å². The minimum absolute atomic E-state index is 0.147. The van der Waals surface area contributed by atoms with E-state index in [1.54, 1.807) is 0 Å². The van der Waals surface area contributed by atoms with E-state index in [0.717, 1.165) is 17.0 Å². The van der Waals surface area contributed by atoms with Gasteiger partial charge in [-0.15, -0.1) is 0 Å². The number of hydrogen-bond acceptors (Lipinski definition) is 0. The van der Waals surface area contributed by atoms with Gasteiger partial charge in [0.05, 0.1) is 0 Å². The molecule has 0 unspecified atom stereocenters. The third kappa shape index (κ3) is 2.70. The maximum Gasteiger partial charge on any atom is 0.00179 e. The zero-order valence-electron chi connectivity index (χ0n) is 10.1. The van der Waals surface area contributed by atoms with Crippen LogP contribution in [0.2, 0.25) is 0 Å². The Bertz CT molecular complexity index is 205. The highest BCUT2D eigenvalue weighted by atomic mass is 31.1. The van der Waals surface area contributed by atoms with Crippen LogP contribution in [0.5, 0.6) is 0 Å². The predicted octanol–water partition coefficient (Wildman–Crippen LogP) is 4.42. The van der Waals surface area contributed by atoms with Crippen molar-refractivity contribution in [1.29, 1.82) is 0 Å². The van der Waals surface area contributed by atoms with Crippen molar-refractivity contribution in [2.45, 2.75) is 51.6 Å². The van der Waals surface area contributed by atoms with E-state index in [0.29, 0.717) is 5.92 Å². The van der Waals surface area contributed by atoms with E-state index in [-0.39, 0.29) is 7.92 Å². The van der Waals surface area contributed by atoms with Gasteiger partial charge in [0.25, 0.3) is 0 Å². The topological polar surface area (TPSA) is 0 Å². The van der Waals surface area contributed by atoms with E-state index in [1.807, 2.05) is 0 Å². The number of allylic oxidation sites excluding steroid dienone is 4. The van der Waals surface area contributed by atoms with Gasteiger partial charge in [0.15, 0.2) is 0 Å². The summed E-state index contributed by atoms with van der Waals surface area (Å²) >= 11 is 0. The molecule has 0 saturated carbocycles. The molecule has 0 spiro atoms. The molecule has 1 aliphatic carbocycles. The van der Waals surface area contributed by atoms with Gasteiger partial charge in [0, 0.05) is 5.92 Å². The number of hydrogen-bond donors (Lipinski definition) is 0. The molecular formula is C13H23P. The molecule has 0 saturated heterocycles. The predicted molar refractivity (Wildman–Crippen MR) is 68.4 cm³/mol. The van der Waals surface area contributed by atoms with Crippen LogP contribution in [-0.4, -0.2) is 17.0 Å². The molecule has 0 bridgehead atoms. The Hall–Kier alpha value is -0.0900. The molecule has 14 heavy (non-hydrogen) atoms. The lowest BCUT2D eigenvalue weighted by Crippen LogP contribution is -2.19. The van der Waals surface area contributed by atoms with Crippen LogP contribution in [0.4, 0.5) is 0 Å². The van der Waals surface area contributed by atoms with Crippen LogP contribution in [0.15, 0.2) is 24.3 Å². The molecule has 0 fully saturated rings. The molecule has 0 aromatic rings. The van der Waals surface area contributed by atoms with Gasteiger partial charge < -0.3 is 0 Å². The minimum Gasteiger partial charge on any atom is -0.0976 e. The van der Waals surface area contributed by atoms with Gasteiger partial charge in [-0.2, -0.15) is 0 Å². The monoisotopic (exact) mass is 210 g/mol. The van der Waals surface area contributed by atoms with Crippen LogP contribution >= 0.6 is 7.92 Å². The molecule has 80 valence electrons. The molecule has 0 nitrogen and oxygen atoms in total. The maximum atomic E-state index is 2.43. The zero-order chi connectivity index (χ0) is 10.7. The summed E-state index contributed by atoms with van der Waals surface area (Å²) in [5.74, 6) is 0.700. The molecule has 0 aromatic heterocycles. The molecule has 0 heterocycles. The quantitative estimate of drug-likeness (QED) is 0.603. The van der Waals surface area contributed by atoms with Crippen LogP contribution in [0, 0.1) is 5.92 Å². The molecule has 0 aliphatic heterocycles. The average Bonchev–Trinajstić information content (AvgIpc) is 2.53. The zero-order valence-corrected chi connectivity index (χ0v) is 11.0. The van der Waals surface area contributed by atoms with Crippen LogP contribution in [0.25, 0.3) is 0 Å². The first kappa shape index (κ1) is 12.0. The van der Waals surface area contributed by atoms with Crippen molar-refractivity contribution in [3.8, 4) is 0 Å². The molecule has 0 radical (unpaired) electrons. The molecule has 1 aliphatic rings. The molecular weight excluding hydrogens is 187 g/mol. The van der Waals surface area contributed by atoms with Crippen LogP contribution in [0.3, 0.4) is 0 Å². The average molecular weight is 210 g/mol. The second kappa shape index (κ2) is 5.12. The lowest BCUT2D eigenvalue weighted by molar-refractivity contribution is 0.770. The standard InChI is InChI=1S/C13H23P/c1-10(2)14(11(3)4)12(5)13-8-6-7-9-13/h6-13H,1-5H3/t12-/m1/s1. The highest BCUT2D eigenvalue weighted by Crippen LogP contribution is 2.53. The first-order chi connectivity index (χ1) is 6.54. The summed E-state index contributed by atoms with van der Waals surface area (Å²) in [4.78, 5) is 0. The van der Waals surface area contributed by atoms with Crippen LogP contribution in [0.1, 0.15) is 34.6 Å². The van der Waals surface area contributed by atoms with Gasteiger partial charge in [-0.3, -0.25) is 0 Å². The van der Waals surface area contributed by atoms with Crippen LogP contribution < -0.4 is 0 Å². The van der Waals surface area contributed by atoms with E-state index in [2.05, 4.69) is 58.9 Å². The lowest BCUT2D eigenvalue weighted by atomic mass is 10.1. The normalized spacial score (nSPS) is 19.1. The Morgan fingerprint density at radius 1 is 0.857 bits per heavy atom. The van der Waals surface area contributed by atoms with Gasteiger partial charge in [-0.1, -0.05) is 66.8 Å². The third-order valence-corrected chi connectivity index (χ3v) is 6.67. The van der Waals surface area contributed by atoms with Gasteiger partial charge in [0.1, 0.15) is 0 Å². The van der Waals surface area contributed by atoms with E-state index < -0.39 is 0 Å². The van der Waals surface area contributed by atoms with Gasteiger partial charge >= 0.3 is 0 Å². The van der Waals surface area contributed by atoms with Gasteiger partial charge in [-0.05, 0) is 17.0 Å². The van der Waals surface area contributed by atoms with E-state index in [1.165, 1.54) is 0 Å². The van der Waals surface area contributed by atoms with Crippen molar-refractivity contribution in [3.63, 3.8) is 0 Å². The lowest BCUT2D eigenvalue weighted by Gasteiger charge is -2.34. The summed E-state index contributed by atoms with van der Waals surface area (Å²) < 4.78 is 0. The van der Waals surface area contributed by atoms with E-state index >= 15 is 0 Å². The van der Waals surface area contributed by atoms with Crippen molar-refractivity contribution >= 4 is 7.92 Å². The summed E-state index contributed by atoms with van der Waals surface area (Å²) in [5, 5.41) is 0. The summed E-state index contributed by atoms with van der Waals surface area (Å²) in [6, 6.07) is 0. The fraction of sp³-hybridized carbons (Fsp3) is 0.692.